The molecule has 0 radical (unpaired) electrons. The number of halogens is 2. The van der Waals surface area contributed by atoms with Crippen molar-refractivity contribution in [1.29, 1.82) is 0 Å². The molecule has 1 aliphatic heterocycles. The normalized spacial score (nSPS) is 40.1. The Labute approximate surface area is 120 Å². The number of rotatable bonds is 2. The highest BCUT2D eigenvalue weighted by molar-refractivity contribution is 6.40. The molecule has 1 nitrogen and oxygen atoms in total. The first-order valence-corrected chi connectivity index (χ1v) is 7.87. The zero-order chi connectivity index (χ0) is 12.8. The highest BCUT2D eigenvalue weighted by Crippen LogP contribution is 2.56. The van der Waals surface area contributed by atoms with Gasteiger partial charge >= 0.3 is 0 Å². The van der Waals surface area contributed by atoms with E-state index in [1.807, 2.05) is 0 Å². The molecule has 100 valence electrons. The lowest BCUT2D eigenvalue weighted by atomic mass is 9.71. The average molecular weight is 286 g/mol. The van der Waals surface area contributed by atoms with Crippen LogP contribution in [0.4, 0.5) is 0 Å². The van der Waals surface area contributed by atoms with Crippen LogP contribution in [0.3, 0.4) is 0 Å². The largest absolute Gasteiger partial charge is 0.316 e. The molecule has 2 aliphatic carbocycles. The van der Waals surface area contributed by atoms with Gasteiger partial charge in [-0.2, -0.15) is 0 Å². The minimum absolute atomic E-state index is 0.387. The third kappa shape index (κ3) is 1.95. The van der Waals surface area contributed by atoms with Crippen molar-refractivity contribution in [2.75, 3.05) is 13.1 Å². The minimum Gasteiger partial charge on any atom is -0.316 e. The van der Waals surface area contributed by atoms with Crippen molar-refractivity contribution in [1.82, 2.24) is 5.32 Å². The van der Waals surface area contributed by atoms with Gasteiger partial charge in [0.1, 0.15) is 0 Å². The van der Waals surface area contributed by atoms with E-state index in [1.165, 1.54) is 25.8 Å². The number of allylic oxidation sites excluding steroid dienone is 3. The van der Waals surface area contributed by atoms with Crippen LogP contribution in [0.25, 0.3) is 0 Å². The molecule has 1 saturated heterocycles. The fourth-order valence-electron chi connectivity index (χ4n) is 4.24. The molecule has 0 spiro atoms. The summed E-state index contributed by atoms with van der Waals surface area (Å²) in [6, 6.07) is 0. The molecular weight excluding hydrogens is 265 g/mol. The summed E-state index contributed by atoms with van der Waals surface area (Å²) in [7, 11) is 0. The van der Waals surface area contributed by atoms with Gasteiger partial charge in [0.25, 0.3) is 0 Å². The first-order valence-electron chi connectivity index (χ1n) is 7.11. The molecule has 3 atom stereocenters. The van der Waals surface area contributed by atoms with E-state index in [0.29, 0.717) is 5.41 Å². The number of nitrogens with one attached hydrogen (secondary N) is 1. The summed E-state index contributed by atoms with van der Waals surface area (Å²) in [4.78, 5) is 0. The number of fused-ring (bicyclic) bond motifs is 1. The average Bonchev–Trinajstić information content (AvgIpc) is 2.89. The van der Waals surface area contributed by atoms with Gasteiger partial charge in [0.2, 0.25) is 0 Å². The summed E-state index contributed by atoms with van der Waals surface area (Å²) < 4.78 is 0. The molecule has 0 aromatic rings. The van der Waals surface area contributed by atoms with Crippen molar-refractivity contribution in [2.45, 2.75) is 39.0 Å². The molecule has 1 saturated carbocycles. The van der Waals surface area contributed by atoms with Crippen LogP contribution in [0.15, 0.2) is 21.7 Å². The predicted octanol–water partition coefficient (Wildman–Crippen LogP) is 4.42. The van der Waals surface area contributed by atoms with Crippen molar-refractivity contribution < 1.29 is 0 Å². The summed E-state index contributed by atoms with van der Waals surface area (Å²) in [5.41, 5.74) is 1.95. The molecule has 2 fully saturated rings. The molecule has 0 aromatic carbocycles. The maximum Gasteiger partial charge on any atom is 0.0550 e. The lowest BCUT2D eigenvalue weighted by Gasteiger charge is -2.34. The van der Waals surface area contributed by atoms with E-state index in [9.17, 15) is 0 Å². The summed E-state index contributed by atoms with van der Waals surface area (Å²) in [6.07, 6.45) is 8.24. The van der Waals surface area contributed by atoms with Crippen LogP contribution in [0, 0.1) is 17.3 Å². The Morgan fingerprint density at radius 2 is 2.22 bits per heavy atom. The Bertz CT molecular complexity index is 413. The van der Waals surface area contributed by atoms with Crippen molar-refractivity contribution in [2.24, 2.45) is 17.3 Å². The summed E-state index contributed by atoms with van der Waals surface area (Å²) in [5.74, 6) is 1.72. The minimum atomic E-state index is 0.387. The second-order valence-electron chi connectivity index (χ2n) is 6.12. The van der Waals surface area contributed by atoms with Crippen LogP contribution >= 0.6 is 23.2 Å². The summed E-state index contributed by atoms with van der Waals surface area (Å²) in [6.45, 7) is 4.65. The Hall–Kier alpha value is 0.0200. The molecule has 0 aromatic heterocycles. The van der Waals surface area contributed by atoms with Crippen LogP contribution in [0.1, 0.15) is 39.0 Å². The summed E-state index contributed by atoms with van der Waals surface area (Å²) >= 11 is 12.4. The van der Waals surface area contributed by atoms with E-state index in [0.717, 1.165) is 41.3 Å². The van der Waals surface area contributed by atoms with Gasteiger partial charge in [-0.25, -0.2) is 0 Å². The highest BCUT2D eigenvalue weighted by Gasteiger charge is 2.51. The molecule has 3 heteroatoms. The van der Waals surface area contributed by atoms with E-state index in [1.54, 1.807) is 5.57 Å². The van der Waals surface area contributed by atoms with Gasteiger partial charge in [-0.15, -0.1) is 0 Å². The van der Waals surface area contributed by atoms with E-state index < -0.39 is 0 Å². The Balaban J connectivity index is 1.92. The van der Waals surface area contributed by atoms with Gasteiger partial charge in [-0.3, -0.25) is 0 Å². The van der Waals surface area contributed by atoms with Crippen LogP contribution in [-0.2, 0) is 0 Å². The zero-order valence-corrected chi connectivity index (χ0v) is 12.4. The Kier molecular flexibility index (Phi) is 3.51. The molecule has 3 unspecified atom stereocenters. The van der Waals surface area contributed by atoms with Crippen LogP contribution in [0.5, 0.6) is 0 Å². The third-order valence-electron chi connectivity index (χ3n) is 5.27. The molecule has 1 heterocycles. The zero-order valence-electron chi connectivity index (χ0n) is 10.9. The third-order valence-corrected chi connectivity index (χ3v) is 6.10. The van der Waals surface area contributed by atoms with Crippen molar-refractivity contribution >= 4 is 23.2 Å². The van der Waals surface area contributed by atoms with Crippen molar-refractivity contribution in [3.05, 3.63) is 21.7 Å². The van der Waals surface area contributed by atoms with Crippen LogP contribution < -0.4 is 5.32 Å². The lowest BCUT2D eigenvalue weighted by molar-refractivity contribution is 0.317. The lowest BCUT2D eigenvalue weighted by Crippen LogP contribution is -2.29. The molecule has 0 bridgehead atoms. The maximum atomic E-state index is 6.25. The molecule has 1 N–H and O–H groups in total. The second-order valence-corrected chi connectivity index (χ2v) is 6.98. The molecular formula is C15H21Cl2N. The second kappa shape index (κ2) is 4.85. The molecule has 3 aliphatic rings. The quantitative estimate of drug-likeness (QED) is 0.792. The Morgan fingerprint density at radius 1 is 1.39 bits per heavy atom. The van der Waals surface area contributed by atoms with E-state index in [2.05, 4.69) is 18.3 Å². The van der Waals surface area contributed by atoms with Gasteiger partial charge in [-0.05, 0) is 50.1 Å². The van der Waals surface area contributed by atoms with Gasteiger partial charge < -0.3 is 5.32 Å². The van der Waals surface area contributed by atoms with E-state index in [-0.39, 0.29) is 0 Å². The van der Waals surface area contributed by atoms with Crippen molar-refractivity contribution in [3.8, 4) is 0 Å². The van der Waals surface area contributed by atoms with Gasteiger partial charge in [0.15, 0.2) is 0 Å². The standard InChI is InChI=1S/C15H21Cl2N/c1-2-10-5-12-8-18-9-15(12,7-10)11-3-4-13(16)14(17)6-11/h6,10,12,18H,2-5,7-9H2,1H3. The van der Waals surface area contributed by atoms with Crippen LogP contribution in [0.2, 0.25) is 0 Å². The predicted molar refractivity (Wildman–Crippen MR) is 77.9 cm³/mol. The first-order chi connectivity index (χ1) is 8.65. The van der Waals surface area contributed by atoms with Crippen molar-refractivity contribution in [3.63, 3.8) is 0 Å². The smallest absolute Gasteiger partial charge is 0.0550 e. The molecule has 0 amide bonds. The Morgan fingerprint density at radius 3 is 2.94 bits per heavy atom. The monoisotopic (exact) mass is 285 g/mol. The fraction of sp³-hybridized carbons (Fsp3) is 0.733. The van der Waals surface area contributed by atoms with Crippen LogP contribution in [-0.4, -0.2) is 13.1 Å². The topological polar surface area (TPSA) is 12.0 Å². The van der Waals surface area contributed by atoms with Gasteiger partial charge in [-0.1, -0.05) is 42.1 Å². The number of hydrogen-bond acceptors (Lipinski definition) is 1. The van der Waals surface area contributed by atoms with E-state index >= 15 is 0 Å². The SMILES string of the molecule is CCC1CC2CNCC2(C2=CC(Cl)=C(Cl)CC2)C1. The summed E-state index contributed by atoms with van der Waals surface area (Å²) in [5, 5.41) is 5.21. The molecule has 18 heavy (non-hydrogen) atoms. The highest BCUT2D eigenvalue weighted by atomic mass is 35.5. The van der Waals surface area contributed by atoms with E-state index in [4.69, 9.17) is 23.2 Å². The van der Waals surface area contributed by atoms with Gasteiger partial charge in [0, 0.05) is 17.0 Å². The fourth-order valence-corrected chi connectivity index (χ4v) is 4.61. The molecule has 3 rings (SSSR count). The maximum absolute atomic E-state index is 6.25. The first kappa shape index (κ1) is 13.0. The van der Waals surface area contributed by atoms with Gasteiger partial charge in [0.05, 0.1) is 5.03 Å². The number of hydrogen-bond donors (Lipinski definition) is 1.